The van der Waals surface area contributed by atoms with Gasteiger partial charge in [0.15, 0.2) is 0 Å². The fraction of sp³-hybridized carbons (Fsp3) is 0.353. The maximum atomic E-state index is 13.3. The van der Waals surface area contributed by atoms with E-state index in [2.05, 4.69) is 22.8 Å². The molecule has 0 bridgehead atoms. The van der Waals surface area contributed by atoms with E-state index in [0.29, 0.717) is 19.4 Å². The van der Waals surface area contributed by atoms with E-state index in [4.69, 9.17) is 9.47 Å². The molecule has 3 aromatic carbocycles. The lowest BCUT2D eigenvalue weighted by molar-refractivity contribution is -0.157. The van der Waals surface area contributed by atoms with Gasteiger partial charge in [-0.05, 0) is 60.4 Å². The molecule has 1 aliphatic heterocycles. The van der Waals surface area contributed by atoms with Crippen molar-refractivity contribution in [1.29, 1.82) is 0 Å². The van der Waals surface area contributed by atoms with Crippen LogP contribution in [-0.2, 0) is 25.7 Å². The predicted octanol–water partition coefficient (Wildman–Crippen LogP) is 5.07. The second-order valence-electron chi connectivity index (χ2n) is 11.3. The number of carboxylic acid groups (broad SMARTS) is 1. The number of likely N-dealkylation sites (tertiary alicyclic amines) is 1. The lowest BCUT2D eigenvalue weighted by Gasteiger charge is -2.35. The van der Waals surface area contributed by atoms with E-state index < -0.39 is 35.6 Å². The molecule has 0 spiro atoms. The molecule has 3 amide bonds. The summed E-state index contributed by atoms with van der Waals surface area (Å²) in [5.41, 5.74) is 3.82. The quantitative estimate of drug-likeness (QED) is 0.248. The fourth-order valence-corrected chi connectivity index (χ4v) is 6.00. The van der Waals surface area contributed by atoms with Crippen LogP contribution in [-0.4, -0.2) is 65.3 Å². The number of carboxylic acids is 1. The summed E-state index contributed by atoms with van der Waals surface area (Å²) in [7, 11) is 0. The number of benzene rings is 3. The van der Waals surface area contributed by atoms with E-state index in [1.54, 1.807) is 0 Å². The van der Waals surface area contributed by atoms with Crippen molar-refractivity contribution in [2.24, 2.45) is 0 Å². The number of hydrogen-bond acceptors (Lipinski definition) is 6. The summed E-state index contributed by atoms with van der Waals surface area (Å²) in [4.78, 5) is 51.7. The van der Waals surface area contributed by atoms with E-state index in [0.717, 1.165) is 27.8 Å². The van der Waals surface area contributed by atoms with Gasteiger partial charge in [-0.3, -0.25) is 4.79 Å². The van der Waals surface area contributed by atoms with Crippen molar-refractivity contribution in [3.63, 3.8) is 0 Å². The van der Waals surface area contributed by atoms with Crippen LogP contribution in [0.15, 0.2) is 78.9 Å². The number of alkyl carbamates (subject to hydrolysis) is 2. The maximum absolute atomic E-state index is 13.3. The normalized spacial score (nSPS) is 16.9. The molecule has 0 radical (unpaired) electrons. The summed E-state index contributed by atoms with van der Waals surface area (Å²) in [6.07, 6.45) is 0.164. The number of nitrogens with zero attached hydrogens (tertiary/aromatic N) is 1. The smallest absolute Gasteiger partial charge is 0.407 e. The lowest BCUT2D eigenvalue weighted by atomic mass is 9.93. The Morgan fingerprint density at radius 3 is 2.18 bits per heavy atom. The van der Waals surface area contributed by atoms with Crippen LogP contribution in [0.2, 0.25) is 0 Å². The molecular formula is C34H37N3O7. The largest absolute Gasteiger partial charge is 0.480 e. The Balaban J connectivity index is 1.08. The summed E-state index contributed by atoms with van der Waals surface area (Å²) < 4.78 is 10.8. The summed E-state index contributed by atoms with van der Waals surface area (Å²) in [6, 6.07) is 24.5. The molecule has 44 heavy (non-hydrogen) atoms. The number of hydrogen-bond donors (Lipinski definition) is 3. The second-order valence-corrected chi connectivity index (χ2v) is 11.3. The Bertz CT molecular complexity index is 1470. The van der Waals surface area contributed by atoms with Gasteiger partial charge in [-0.1, -0.05) is 78.9 Å². The molecule has 1 heterocycles. The molecule has 3 aromatic rings. The molecule has 10 heteroatoms. The van der Waals surface area contributed by atoms with Crippen molar-refractivity contribution >= 4 is 24.1 Å². The van der Waals surface area contributed by atoms with Gasteiger partial charge >= 0.3 is 18.2 Å². The molecule has 230 valence electrons. The van der Waals surface area contributed by atoms with Crippen LogP contribution in [0.5, 0.6) is 0 Å². The highest BCUT2D eigenvalue weighted by molar-refractivity contribution is 5.92. The van der Waals surface area contributed by atoms with Gasteiger partial charge in [-0.15, -0.1) is 0 Å². The van der Waals surface area contributed by atoms with Gasteiger partial charge in [-0.25, -0.2) is 14.4 Å². The summed E-state index contributed by atoms with van der Waals surface area (Å²) >= 11 is 0. The third-order valence-electron chi connectivity index (χ3n) is 8.47. The van der Waals surface area contributed by atoms with Gasteiger partial charge in [0.2, 0.25) is 5.91 Å². The monoisotopic (exact) mass is 599 g/mol. The molecule has 2 atom stereocenters. The molecule has 0 unspecified atom stereocenters. The highest BCUT2D eigenvalue weighted by atomic mass is 16.6. The van der Waals surface area contributed by atoms with E-state index >= 15 is 0 Å². The SMILES string of the molecule is C[C@](CCCCNC(=O)OCc1ccccc1)(C(=O)O)N1CC[C@H](NC(=O)OCC2c3ccccc3-c3ccccc32)C1=O. The highest BCUT2D eigenvalue weighted by Gasteiger charge is 2.47. The van der Waals surface area contributed by atoms with Crippen molar-refractivity contribution < 1.29 is 33.8 Å². The average molecular weight is 600 g/mol. The molecule has 5 rings (SSSR count). The zero-order chi connectivity index (χ0) is 31.1. The average Bonchev–Trinajstić information content (AvgIpc) is 3.56. The first-order chi connectivity index (χ1) is 21.3. The van der Waals surface area contributed by atoms with Crippen LogP contribution in [0.25, 0.3) is 11.1 Å². The van der Waals surface area contributed by atoms with E-state index in [-0.39, 0.29) is 38.5 Å². The van der Waals surface area contributed by atoms with Crippen LogP contribution < -0.4 is 10.6 Å². The highest BCUT2D eigenvalue weighted by Crippen LogP contribution is 2.44. The van der Waals surface area contributed by atoms with Gasteiger partial charge in [-0.2, -0.15) is 0 Å². The standard InChI is InChI=1S/C34H37N3O7/c1-34(31(39)40,18-9-10-19-35-32(41)43-21-23-11-3-2-4-12-23)37-20-17-29(30(37)38)36-33(42)44-22-28-26-15-7-5-13-24(26)25-14-6-8-16-27(25)28/h2-8,11-16,28-29H,9-10,17-22H2,1H3,(H,35,41)(H,36,42)(H,39,40)/t29-,34-/m0/s1. The van der Waals surface area contributed by atoms with Crippen LogP contribution in [0.1, 0.15) is 55.2 Å². The van der Waals surface area contributed by atoms with Gasteiger partial charge in [0.1, 0.15) is 24.8 Å². The molecule has 10 nitrogen and oxygen atoms in total. The minimum Gasteiger partial charge on any atom is -0.480 e. The Morgan fingerprint density at radius 1 is 0.886 bits per heavy atom. The Kier molecular flexibility index (Phi) is 9.47. The maximum Gasteiger partial charge on any atom is 0.407 e. The Morgan fingerprint density at radius 2 is 1.52 bits per heavy atom. The first-order valence-corrected chi connectivity index (χ1v) is 14.9. The van der Waals surface area contributed by atoms with Crippen molar-refractivity contribution in [1.82, 2.24) is 15.5 Å². The van der Waals surface area contributed by atoms with Gasteiger partial charge < -0.3 is 30.1 Å². The first kappa shape index (κ1) is 30.6. The molecule has 1 aliphatic carbocycles. The minimum absolute atomic E-state index is 0.112. The lowest BCUT2D eigenvalue weighted by Crippen LogP contribution is -2.55. The Hall–Kier alpha value is -4.86. The number of aliphatic carboxylic acids is 1. The first-order valence-electron chi connectivity index (χ1n) is 14.9. The summed E-state index contributed by atoms with van der Waals surface area (Å²) in [5, 5.41) is 15.4. The third kappa shape index (κ3) is 6.69. The van der Waals surface area contributed by atoms with E-state index in [1.807, 2.05) is 66.7 Å². The molecule has 0 saturated carbocycles. The molecule has 3 N–H and O–H groups in total. The van der Waals surface area contributed by atoms with E-state index in [9.17, 15) is 24.3 Å². The molecular weight excluding hydrogens is 562 g/mol. The number of amides is 3. The number of fused-ring (bicyclic) bond motifs is 3. The molecule has 0 aromatic heterocycles. The number of rotatable bonds is 12. The fourth-order valence-electron chi connectivity index (χ4n) is 6.00. The summed E-state index contributed by atoms with van der Waals surface area (Å²) in [6.45, 7) is 2.30. The predicted molar refractivity (Wildman–Crippen MR) is 163 cm³/mol. The van der Waals surface area contributed by atoms with Crippen molar-refractivity contribution in [3.8, 4) is 11.1 Å². The molecule has 1 fully saturated rings. The number of nitrogens with one attached hydrogen (secondary N) is 2. The van der Waals surface area contributed by atoms with Crippen molar-refractivity contribution in [3.05, 3.63) is 95.6 Å². The minimum atomic E-state index is -1.46. The van der Waals surface area contributed by atoms with Crippen LogP contribution >= 0.6 is 0 Å². The molecule has 2 aliphatic rings. The Labute approximate surface area is 256 Å². The van der Waals surface area contributed by atoms with Crippen LogP contribution in [0.3, 0.4) is 0 Å². The van der Waals surface area contributed by atoms with Crippen LogP contribution in [0.4, 0.5) is 9.59 Å². The zero-order valence-corrected chi connectivity index (χ0v) is 24.7. The van der Waals surface area contributed by atoms with Gasteiger partial charge in [0.05, 0.1) is 0 Å². The number of ether oxygens (including phenoxy) is 2. The summed E-state index contributed by atoms with van der Waals surface area (Å²) in [5.74, 6) is -1.69. The zero-order valence-electron chi connectivity index (χ0n) is 24.7. The topological polar surface area (TPSA) is 134 Å². The molecule has 1 saturated heterocycles. The van der Waals surface area contributed by atoms with Gasteiger partial charge in [0.25, 0.3) is 0 Å². The van der Waals surface area contributed by atoms with E-state index in [1.165, 1.54) is 11.8 Å². The number of carbonyl (C=O) groups excluding carboxylic acids is 3. The van der Waals surface area contributed by atoms with Crippen molar-refractivity contribution in [2.45, 2.75) is 56.7 Å². The van der Waals surface area contributed by atoms with Crippen molar-refractivity contribution in [2.75, 3.05) is 19.7 Å². The number of carbonyl (C=O) groups is 4. The third-order valence-corrected chi connectivity index (χ3v) is 8.47. The van der Waals surface area contributed by atoms with Crippen LogP contribution in [0, 0.1) is 0 Å². The number of unbranched alkanes of at least 4 members (excludes halogenated alkanes) is 1. The second kappa shape index (κ2) is 13.6. The van der Waals surface area contributed by atoms with Gasteiger partial charge in [0, 0.05) is 19.0 Å².